The van der Waals surface area contributed by atoms with Gasteiger partial charge in [0.1, 0.15) is 5.75 Å². The fourth-order valence-electron chi connectivity index (χ4n) is 4.08. The van der Waals surface area contributed by atoms with Gasteiger partial charge >= 0.3 is 0 Å². The van der Waals surface area contributed by atoms with Gasteiger partial charge in [-0.05, 0) is 37.1 Å². The molecule has 1 unspecified atom stereocenters. The molecule has 2 fully saturated rings. The standard InChI is InChI=1S/C23H39N5O3.HI/c1-24-23(25-9-3-4-10-27-11-15-30-16-12-27)26-19-22(28-13-17-31-18-14-28)20-5-7-21(29-2)8-6-20;/h5-8,22H,3-4,9-19H2,1-2H3,(H2,24,25,26);1H. The first-order valence-electron chi connectivity index (χ1n) is 11.5. The third kappa shape index (κ3) is 9.01. The maximum Gasteiger partial charge on any atom is 0.191 e. The fourth-order valence-corrected chi connectivity index (χ4v) is 4.08. The summed E-state index contributed by atoms with van der Waals surface area (Å²) in [6.07, 6.45) is 2.32. The molecule has 2 saturated heterocycles. The first kappa shape index (κ1) is 27.1. The number of ether oxygens (including phenoxy) is 3. The Labute approximate surface area is 210 Å². The van der Waals surface area contributed by atoms with Crippen molar-refractivity contribution in [1.29, 1.82) is 0 Å². The minimum atomic E-state index is 0. The Morgan fingerprint density at radius 1 is 1.00 bits per heavy atom. The fraction of sp³-hybridized carbons (Fsp3) is 0.696. The number of guanidine groups is 1. The van der Waals surface area contributed by atoms with Crippen molar-refractivity contribution in [2.24, 2.45) is 4.99 Å². The molecular formula is C23H40IN5O3. The molecule has 0 aromatic heterocycles. The van der Waals surface area contributed by atoms with Crippen LogP contribution in [0.1, 0.15) is 24.4 Å². The second-order valence-electron chi connectivity index (χ2n) is 7.98. The van der Waals surface area contributed by atoms with Crippen LogP contribution < -0.4 is 15.4 Å². The summed E-state index contributed by atoms with van der Waals surface area (Å²) in [4.78, 5) is 9.38. The Hall–Kier alpha value is -1.14. The van der Waals surface area contributed by atoms with Crippen LogP contribution in [-0.2, 0) is 9.47 Å². The summed E-state index contributed by atoms with van der Waals surface area (Å²) < 4.78 is 16.3. The highest BCUT2D eigenvalue weighted by molar-refractivity contribution is 14.0. The number of morpholine rings is 2. The molecule has 2 N–H and O–H groups in total. The van der Waals surface area contributed by atoms with Gasteiger partial charge in [-0.1, -0.05) is 12.1 Å². The number of halogens is 1. The van der Waals surface area contributed by atoms with Crippen LogP contribution in [0.2, 0.25) is 0 Å². The highest BCUT2D eigenvalue weighted by Crippen LogP contribution is 2.23. The van der Waals surface area contributed by atoms with Crippen molar-refractivity contribution >= 4 is 29.9 Å². The van der Waals surface area contributed by atoms with Gasteiger partial charge in [-0.2, -0.15) is 0 Å². The SMILES string of the molecule is CN=C(NCCCCN1CCOCC1)NCC(c1ccc(OC)cc1)N1CCOCC1.I. The lowest BCUT2D eigenvalue weighted by Crippen LogP contribution is -2.46. The molecule has 0 saturated carbocycles. The first-order chi connectivity index (χ1) is 15.3. The van der Waals surface area contributed by atoms with Gasteiger partial charge in [-0.3, -0.25) is 14.8 Å². The van der Waals surface area contributed by atoms with Crippen molar-refractivity contribution < 1.29 is 14.2 Å². The van der Waals surface area contributed by atoms with Crippen molar-refractivity contribution in [1.82, 2.24) is 20.4 Å². The monoisotopic (exact) mass is 561 g/mol. The van der Waals surface area contributed by atoms with Gasteiger partial charge in [0.25, 0.3) is 0 Å². The quantitative estimate of drug-likeness (QED) is 0.196. The molecule has 9 heteroatoms. The minimum absolute atomic E-state index is 0. The molecule has 0 spiro atoms. The molecule has 182 valence electrons. The third-order valence-corrected chi connectivity index (χ3v) is 5.97. The van der Waals surface area contributed by atoms with E-state index in [4.69, 9.17) is 14.2 Å². The number of nitrogens with zero attached hydrogens (tertiary/aromatic N) is 3. The van der Waals surface area contributed by atoms with Crippen LogP contribution in [0.3, 0.4) is 0 Å². The summed E-state index contributed by atoms with van der Waals surface area (Å²) >= 11 is 0. The normalized spacial score (nSPS) is 19.1. The van der Waals surface area contributed by atoms with Crippen molar-refractivity contribution in [3.63, 3.8) is 0 Å². The zero-order valence-corrected chi connectivity index (χ0v) is 21.9. The molecule has 0 aliphatic carbocycles. The molecule has 0 amide bonds. The van der Waals surface area contributed by atoms with E-state index in [-0.39, 0.29) is 30.0 Å². The number of hydrogen-bond acceptors (Lipinski definition) is 6. The summed E-state index contributed by atoms with van der Waals surface area (Å²) in [6.45, 7) is 10.2. The maximum atomic E-state index is 5.56. The number of methoxy groups -OCH3 is 1. The van der Waals surface area contributed by atoms with E-state index in [9.17, 15) is 0 Å². The smallest absolute Gasteiger partial charge is 0.191 e. The summed E-state index contributed by atoms with van der Waals surface area (Å²) in [5, 5.41) is 7.00. The maximum absolute atomic E-state index is 5.56. The van der Waals surface area contributed by atoms with Gasteiger partial charge in [-0.15, -0.1) is 24.0 Å². The molecule has 32 heavy (non-hydrogen) atoms. The molecule has 0 radical (unpaired) electrons. The summed E-state index contributed by atoms with van der Waals surface area (Å²) in [5.41, 5.74) is 1.27. The average molecular weight is 562 g/mol. The van der Waals surface area contributed by atoms with E-state index in [1.807, 2.05) is 19.2 Å². The second-order valence-corrected chi connectivity index (χ2v) is 7.98. The van der Waals surface area contributed by atoms with Gasteiger partial charge < -0.3 is 24.8 Å². The largest absolute Gasteiger partial charge is 0.497 e. The lowest BCUT2D eigenvalue weighted by molar-refractivity contribution is 0.0170. The topological polar surface area (TPSA) is 70.6 Å². The average Bonchev–Trinajstić information content (AvgIpc) is 2.84. The molecule has 2 heterocycles. The predicted molar refractivity (Wildman–Crippen MR) is 139 cm³/mol. The van der Waals surface area contributed by atoms with Crippen molar-refractivity contribution in [2.45, 2.75) is 18.9 Å². The van der Waals surface area contributed by atoms with E-state index in [1.54, 1.807) is 7.11 Å². The van der Waals surface area contributed by atoms with E-state index < -0.39 is 0 Å². The van der Waals surface area contributed by atoms with Crippen LogP contribution >= 0.6 is 24.0 Å². The highest BCUT2D eigenvalue weighted by Gasteiger charge is 2.23. The van der Waals surface area contributed by atoms with Gasteiger partial charge in [-0.25, -0.2) is 0 Å². The number of benzene rings is 1. The minimum Gasteiger partial charge on any atom is -0.497 e. The zero-order valence-electron chi connectivity index (χ0n) is 19.6. The summed E-state index contributed by atoms with van der Waals surface area (Å²) in [5.74, 6) is 1.74. The number of hydrogen-bond donors (Lipinski definition) is 2. The van der Waals surface area contributed by atoms with Gasteiger partial charge in [0, 0.05) is 46.3 Å². The van der Waals surface area contributed by atoms with Crippen molar-refractivity contribution in [3.8, 4) is 5.75 Å². The Balaban J connectivity index is 0.00000363. The molecule has 1 atom stereocenters. The Bertz CT molecular complexity index is 650. The molecule has 3 rings (SSSR count). The van der Waals surface area contributed by atoms with E-state index in [0.29, 0.717) is 0 Å². The van der Waals surface area contributed by atoms with Crippen LogP contribution in [0.25, 0.3) is 0 Å². The molecule has 1 aromatic carbocycles. The lowest BCUT2D eigenvalue weighted by Gasteiger charge is -2.35. The molecular weight excluding hydrogens is 521 g/mol. The van der Waals surface area contributed by atoms with Gasteiger partial charge in [0.15, 0.2) is 5.96 Å². The Morgan fingerprint density at radius 3 is 2.28 bits per heavy atom. The molecule has 1 aromatic rings. The van der Waals surface area contributed by atoms with Crippen LogP contribution in [0.5, 0.6) is 5.75 Å². The number of nitrogens with one attached hydrogen (secondary N) is 2. The zero-order chi connectivity index (χ0) is 21.7. The molecule has 0 bridgehead atoms. The molecule has 2 aliphatic rings. The molecule has 2 aliphatic heterocycles. The van der Waals surface area contributed by atoms with E-state index in [0.717, 1.165) is 90.4 Å². The van der Waals surface area contributed by atoms with Gasteiger partial charge in [0.2, 0.25) is 0 Å². The molecule has 8 nitrogen and oxygen atoms in total. The lowest BCUT2D eigenvalue weighted by atomic mass is 10.0. The van der Waals surface area contributed by atoms with Crippen LogP contribution in [0.4, 0.5) is 0 Å². The number of aliphatic imine (C=N–C) groups is 1. The predicted octanol–water partition coefficient (Wildman–Crippen LogP) is 1.96. The van der Waals surface area contributed by atoms with Crippen molar-refractivity contribution in [3.05, 3.63) is 29.8 Å². The van der Waals surface area contributed by atoms with Crippen LogP contribution in [0, 0.1) is 0 Å². The number of rotatable bonds is 10. The van der Waals surface area contributed by atoms with E-state index in [2.05, 4.69) is 37.6 Å². The van der Waals surface area contributed by atoms with E-state index in [1.165, 1.54) is 12.0 Å². The number of unbranched alkanes of at least 4 members (excludes halogenated alkanes) is 1. The van der Waals surface area contributed by atoms with Crippen molar-refractivity contribution in [2.75, 3.05) is 86.4 Å². The third-order valence-electron chi connectivity index (χ3n) is 5.97. The summed E-state index contributed by atoms with van der Waals surface area (Å²) in [6, 6.07) is 8.63. The van der Waals surface area contributed by atoms with E-state index >= 15 is 0 Å². The first-order valence-corrected chi connectivity index (χ1v) is 11.5. The van der Waals surface area contributed by atoms with Crippen LogP contribution in [0.15, 0.2) is 29.3 Å². The summed E-state index contributed by atoms with van der Waals surface area (Å²) in [7, 11) is 3.53. The Kier molecular flexibility index (Phi) is 13.3. The van der Waals surface area contributed by atoms with Crippen LogP contribution in [-0.4, -0.2) is 102 Å². The Morgan fingerprint density at radius 2 is 1.66 bits per heavy atom. The highest BCUT2D eigenvalue weighted by atomic mass is 127. The van der Waals surface area contributed by atoms with Gasteiger partial charge in [0.05, 0.1) is 39.6 Å². The second kappa shape index (κ2) is 15.7.